The summed E-state index contributed by atoms with van der Waals surface area (Å²) in [4.78, 5) is 23.1. The van der Waals surface area contributed by atoms with Crippen molar-refractivity contribution in [3.05, 3.63) is 35.4 Å². The molecular weight excluding hydrogens is 296 g/mol. The molecule has 0 bridgehead atoms. The molecule has 2 unspecified atom stereocenters. The summed E-state index contributed by atoms with van der Waals surface area (Å²) in [7, 11) is 1.37. The molecule has 1 aromatic carbocycles. The largest absolute Gasteiger partial charge is 0.481 e. The molecule has 0 fully saturated rings. The van der Waals surface area contributed by atoms with Crippen LogP contribution in [0.1, 0.15) is 31.7 Å². The van der Waals surface area contributed by atoms with Gasteiger partial charge in [-0.2, -0.15) is 0 Å². The Balaban J connectivity index is 2.96. The van der Waals surface area contributed by atoms with Gasteiger partial charge in [-0.1, -0.05) is 6.07 Å². The van der Waals surface area contributed by atoms with Crippen LogP contribution in [0, 0.1) is 11.6 Å². The molecule has 0 heterocycles. The highest BCUT2D eigenvalue weighted by Crippen LogP contribution is 2.23. The van der Waals surface area contributed by atoms with Gasteiger partial charge in [-0.15, -0.1) is 0 Å². The van der Waals surface area contributed by atoms with Crippen molar-refractivity contribution in [1.29, 1.82) is 0 Å². The fourth-order valence-corrected chi connectivity index (χ4v) is 2.24. The van der Waals surface area contributed by atoms with E-state index in [2.05, 4.69) is 5.32 Å². The Hall–Kier alpha value is -2.02. The molecule has 7 heteroatoms. The van der Waals surface area contributed by atoms with Crippen molar-refractivity contribution in [2.75, 3.05) is 13.7 Å². The van der Waals surface area contributed by atoms with Crippen LogP contribution in [0.3, 0.4) is 0 Å². The molecule has 1 rings (SSSR count). The average Bonchev–Trinajstić information content (AvgIpc) is 2.36. The van der Waals surface area contributed by atoms with E-state index in [1.165, 1.54) is 27.0 Å². The molecule has 0 radical (unpaired) electrons. The molecule has 0 saturated carbocycles. The minimum absolute atomic E-state index is 0.0441. The molecule has 5 nitrogen and oxygen atoms in total. The molecule has 0 aliphatic rings. The number of hydrogen-bond donors (Lipinski definition) is 2. The first-order valence-electron chi connectivity index (χ1n) is 6.67. The van der Waals surface area contributed by atoms with Crippen molar-refractivity contribution in [2.45, 2.75) is 31.7 Å². The molecule has 2 N–H and O–H groups in total. The number of amides is 1. The third-order valence-corrected chi connectivity index (χ3v) is 3.26. The summed E-state index contributed by atoms with van der Waals surface area (Å²) < 4.78 is 32.3. The maximum atomic E-state index is 13.7. The number of rotatable bonds is 7. The molecule has 0 saturated heterocycles. The third-order valence-electron chi connectivity index (χ3n) is 3.26. The van der Waals surface area contributed by atoms with Gasteiger partial charge in [0, 0.05) is 12.7 Å². The van der Waals surface area contributed by atoms with Crippen LogP contribution in [0.4, 0.5) is 8.78 Å². The smallest absolute Gasteiger partial charge is 0.305 e. The zero-order valence-corrected chi connectivity index (χ0v) is 12.7. The van der Waals surface area contributed by atoms with Gasteiger partial charge in [-0.25, -0.2) is 8.78 Å². The lowest BCUT2D eigenvalue weighted by atomic mass is 9.94. The Kier molecular flexibility index (Phi) is 5.99. The molecule has 0 aromatic heterocycles. The Bertz CT molecular complexity index is 544. The number of halogens is 2. The number of benzene rings is 1. The number of methoxy groups -OCH3 is 1. The molecule has 0 aliphatic heterocycles. The molecule has 0 aliphatic carbocycles. The number of aliphatic carboxylic acids is 1. The SMILES string of the molecule is COCC(C)(CC(=O)O)NC(=O)C(C)c1c(F)cccc1F. The van der Waals surface area contributed by atoms with Crippen molar-refractivity contribution < 1.29 is 28.2 Å². The summed E-state index contributed by atoms with van der Waals surface area (Å²) in [5, 5.41) is 11.4. The van der Waals surface area contributed by atoms with Gasteiger partial charge in [0.2, 0.25) is 5.91 Å². The van der Waals surface area contributed by atoms with Gasteiger partial charge in [0.25, 0.3) is 0 Å². The fourth-order valence-electron chi connectivity index (χ4n) is 2.24. The van der Waals surface area contributed by atoms with Gasteiger partial charge in [0.1, 0.15) is 11.6 Å². The first kappa shape index (κ1) is 18.0. The summed E-state index contributed by atoms with van der Waals surface area (Å²) in [5.74, 6) is -4.55. The number of nitrogens with one attached hydrogen (secondary N) is 1. The van der Waals surface area contributed by atoms with E-state index in [0.29, 0.717) is 0 Å². The predicted molar refractivity (Wildman–Crippen MR) is 75.4 cm³/mol. The Morgan fingerprint density at radius 3 is 2.36 bits per heavy atom. The second kappa shape index (κ2) is 7.31. The lowest BCUT2D eigenvalue weighted by Gasteiger charge is -2.30. The van der Waals surface area contributed by atoms with Crippen LogP contribution in [0.5, 0.6) is 0 Å². The predicted octanol–water partition coefficient (Wildman–Crippen LogP) is 2.06. The third kappa shape index (κ3) is 4.49. The van der Waals surface area contributed by atoms with Gasteiger partial charge in [0.05, 0.1) is 24.5 Å². The quantitative estimate of drug-likeness (QED) is 0.807. The number of carbonyl (C=O) groups excluding carboxylic acids is 1. The number of carboxylic acids is 1. The van der Waals surface area contributed by atoms with E-state index in [-0.39, 0.29) is 18.6 Å². The Morgan fingerprint density at radius 1 is 1.36 bits per heavy atom. The molecule has 2 atom stereocenters. The van der Waals surface area contributed by atoms with Crippen molar-refractivity contribution in [2.24, 2.45) is 0 Å². The summed E-state index contributed by atoms with van der Waals surface area (Å²) in [6.45, 7) is 2.80. The van der Waals surface area contributed by atoms with Crippen molar-refractivity contribution in [1.82, 2.24) is 5.32 Å². The second-order valence-corrected chi connectivity index (χ2v) is 5.41. The molecule has 0 spiro atoms. The Labute approximate surface area is 127 Å². The van der Waals surface area contributed by atoms with Crippen LogP contribution in [0.2, 0.25) is 0 Å². The molecule has 22 heavy (non-hydrogen) atoms. The van der Waals surface area contributed by atoms with E-state index in [0.717, 1.165) is 12.1 Å². The van der Waals surface area contributed by atoms with Gasteiger partial charge >= 0.3 is 5.97 Å². The van der Waals surface area contributed by atoms with Gasteiger partial charge in [-0.05, 0) is 26.0 Å². The van der Waals surface area contributed by atoms with E-state index < -0.39 is 35.0 Å². The molecular formula is C15H19F2NO4. The number of hydrogen-bond acceptors (Lipinski definition) is 3. The normalized spacial score (nSPS) is 15.0. The number of ether oxygens (including phenoxy) is 1. The average molecular weight is 315 g/mol. The first-order chi connectivity index (χ1) is 10.2. The molecule has 1 amide bonds. The van der Waals surface area contributed by atoms with Crippen LogP contribution in [-0.4, -0.2) is 36.2 Å². The van der Waals surface area contributed by atoms with Gasteiger partial charge in [-0.3, -0.25) is 9.59 Å². The van der Waals surface area contributed by atoms with E-state index >= 15 is 0 Å². The van der Waals surface area contributed by atoms with E-state index in [1.54, 1.807) is 0 Å². The zero-order valence-electron chi connectivity index (χ0n) is 12.7. The second-order valence-electron chi connectivity index (χ2n) is 5.41. The summed E-state index contributed by atoms with van der Waals surface area (Å²) >= 11 is 0. The van der Waals surface area contributed by atoms with Crippen molar-refractivity contribution >= 4 is 11.9 Å². The lowest BCUT2D eigenvalue weighted by molar-refractivity contribution is -0.139. The summed E-state index contributed by atoms with van der Waals surface area (Å²) in [5.41, 5.74) is -1.52. The van der Waals surface area contributed by atoms with Crippen LogP contribution >= 0.6 is 0 Å². The summed E-state index contributed by atoms with van der Waals surface area (Å²) in [6, 6.07) is 3.33. The van der Waals surface area contributed by atoms with Gasteiger partial charge < -0.3 is 15.2 Å². The van der Waals surface area contributed by atoms with Crippen molar-refractivity contribution in [3.8, 4) is 0 Å². The van der Waals surface area contributed by atoms with E-state index in [1.807, 2.05) is 0 Å². The fraction of sp³-hybridized carbons (Fsp3) is 0.467. The molecule has 1 aromatic rings. The van der Waals surface area contributed by atoms with Crippen LogP contribution in [0.25, 0.3) is 0 Å². The monoisotopic (exact) mass is 315 g/mol. The minimum atomic E-state index is -1.17. The molecule has 122 valence electrons. The van der Waals surface area contributed by atoms with Crippen molar-refractivity contribution in [3.63, 3.8) is 0 Å². The first-order valence-corrected chi connectivity index (χ1v) is 6.67. The van der Waals surface area contributed by atoms with E-state index in [4.69, 9.17) is 9.84 Å². The topological polar surface area (TPSA) is 75.6 Å². The highest BCUT2D eigenvalue weighted by Gasteiger charge is 2.32. The summed E-state index contributed by atoms with van der Waals surface area (Å²) in [6.07, 6.45) is -0.376. The minimum Gasteiger partial charge on any atom is -0.481 e. The number of carboxylic acid groups (broad SMARTS) is 1. The van der Waals surface area contributed by atoms with Crippen LogP contribution in [0.15, 0.2) is 18.2 Å². The van der Waals surface area contributed by atoms with E-state index in [9.17, 15) is 18.4 Å². The standard InChI is InChI=1S/C15H19F2NO4/c1-9(13-10(16)5-4-6-11(13)17)14(21)18-15(2,8-22-3)7-12(19)20/h4-6,9H,7-8H2,1-3H3,(H,18,21)(H,19,20). The zero-order chi connectivity index (χ0) is 16.9. The Morgan fingerprint density at radius 2 is 1.91 bits per heavy atom. The lowest BCUT2D eigenvalue weighted by Crippen LogP contribution is -2.52. The highest BCUT2D eigenvalue weighted by molar-refractivity contribution is 5.84. The maximum Gasteiger partial charge on any atom is 0.305 e. The maximum absolute atomic E-state index is 13.7. The highest BCUT2D eigenvalue weighted by atomic mass is 19.1. The number of carbonyl (C=O) groups is 2. The van der Waals surface area contributed by atoms with Gasteiger partial charge in [0.15, 0.2) is 0 Å². The van der Waals surface area contributed by atoms with Crippen LogP contribution < -0.4 is 5.32 Å². The van der Waals surface area contributed by atoms with Crippen LogP contribution in [-0.2, 0) is 14.3 Å².